The first-order valence-corrected chi connectivity index (χ1v) is 15.6. The zero-order valence-electron chi connectivity index (χ0n) is 26.6. The SMILES string of the molecule is CC(=O)OC/C=C\C(=O)N[C@H]1CO[C@@H](C/C=C(C)/C=C/[C@H]2O[C@H](CC(=O)NCc3ccc(N)cc3)C[C@]3(O[C@@H]3C)[C@@H]2O)[C@@H](C)C1. The van der Waals surface area contributed by atoms with Crippen molar-refractivity contribution in [3.05, 3.63) is 65.8 Å². The number of nitrogens with one attached hydrogen (secondary N) is 2. The van der Waals surface area contributed by atoms with Crippen LogP contribution in [0.3, 0.4) is 0 Å². The fourth-order valence-corrected chi connectivity index (χ4v) is 5.96. The summed E-state index contributed by atoms with van der Waals surface area (Å²) in [5.41, 5.74) is 7.66. The smallest absolute Gasteiger partial charge is 0.302 e. The van der Waals surface area contributed by atoms with Gasteiger partial charge in [-0.25, -0.2) is 0 Å². The van der Waals surface area contributed by atoms with Crippen LogP contribution in [0.1, 0.15) is 58.9 Å². The molecule has 5 N–H and O–H groups in total. The molecule has 1 aromatic carbocycles. The number of nitrogen functional groups attached to an aromatic ring is 1. The number of epoxide rings is 1. The number of esters is 1. The van der Waals surface area contributed by atoms with Crippen LogP contribution in [-0.2, 0) is 39.9 Å². The molecule has 0 aliphatic carbocycles. The molecule has 1 aromatic rings. The molecule has 3 saturated heterocycles. The van der Waals surface area contributed by atoms with Gasteiger partial charge in [-0.3, -0.25) is 14.4 Å². The Hall–Kier alpha value is -3.51. The van der Waals surface area contributed by atoms with E-state index in [0.29, 0.717) is 31.7 Å². The second-order valence-electron chi connectivity index (χ2n) is 12.3. The van der Waals surface area contributed by atoms with E-state index < -0.39 is 29.9 Å². The van der Waals surface area contributed by atoms with Gasteiger partial charge in [0.1, 0.15) is 24.4 Å². The zero-order chi connectivity index (χ0) is 32.6. The van der Waals surface area contributed by atoms with Crippen LogP contribution in [-0.4, -0.2) is 78.3 Å². The molecule has 1 spiro atoms. The Balaban J connectivity index is 1.24. The molecule has 4 rings (SSSR count). The van der Waals surface area contributed by atoms with E-state index in [1.165, 1.54) is 19.1 Å². The van der Waals surface area contributed by atoms with E-state index in [4.69, 9.17) is 24.7 Å². The minimum Gasteiger partial charge on any atom is -0.462 e. The van der Waals surface area contributed by atoms with Gasteiger partial charge in [0.05, 0.1) is 37.4 Å². The third-order valence-electron chi connectivity index (χ3n) is 8.64. The molecule has 0 unspecified atom stereocenters. The summed E-state index contributed by atoms with van der Waals surface area (Å²) in [6.45, 7) is 8.21. The number of carbonyl (C=O) groups excluding carboxylic acids is 3. The largest absolute Gasteiger partial charge is 0.462 e. The van der Waals surface area contributed by atoms with Crippen molar-refractivity contribution in [1.82, 2.24) is 10.6 Å². The topological polar surface area (TPSA) is 162 Å². The molecule has 0 radical (unpaired) electrons. The van der Waals surface area contributed by atoms with Crippen LogP contribution < -0.4 is 16.4 Å². The van der Waals surface area contributed by atoms with Crippen LogP contribution in [0.2, 0.25) is 0 Å². The van der Waals surface area contributed by atoms with Gasteiger partial charge in [0, 0.05) is 31.7 Å². The molecule has 3 fully saturated rings. The van der Waals surface area contributed by atoms with Gasteiger partial charge in [0.15, 0.2) is 0 Å². The number of ether oxygens (including phenoxy) is 4. The Labute approximate surface area is 265 Å². The minimum atomic E-state index is -0.837. The maximum atomic E-state index is 12.7. The van der Waals surface area contributed by atoms with Crippen LogP contribution in [0.5, 0.6) is 0 Å². The average molecular weight is 626 g/mol. The number of anilines is 1. The Morgan fingerprint density at radius 2 is 1.89 bits per heavy atom. The number of nitrogens with two attached hydrogens (primary N) is 1. The van der Waals surface area contributed by atoms with Crippen molar-refractivity contribution in [2.75, 3.05) is 18.9 Å². The molecule has 0 bridgehead atoms. The first-order valence-electron chi connectivity index (χ1n) is 15.6. The van der Waals surface area contributed by atoms with Crippen molar-refractivity contribution in [2.45, 2.75) is 102 Å². The third kappa shape index (κ3) is 9.99. The Bertz CT molecular complexity index is 1280. The lowest BCUT2D eigenvalue weighted by Crippen LogP contribution is -2.51. The number of hydrogen-bond donors (Lipinski definition) is 4. The van der Waals surface area contributed by atoms with E-state index >= 15 is 0 Å². The van der Waals surface area contributed by atoms with E-state index in [9.17, 15) is 19.5 Å². The van der Waals surface area contributed by atoms with Crippen molar-refractivity contribution in [3.63, 3.8) is 0 Å². The van der Waals surface area contributed by atoms with Crippen molar-refractivity contribution in [1.29, 1.82) is 0 Å². The molecule has 45 heavy (non-hydrogen) atoms. The summed E-state index contributed by atoms with van der Waals surface area (Å²) < 4.78 is 22.9. The lowest BCUT2D eigenvalue weighted by Gasteiger charge is -2.37. The summed E-state index contributed by atoms with van der Waals surface area (Å²) in [6.07, 6.45) is 8.90. The van der Waals surface area contributed by atoms with E-state index in [1.54, 1.807) is 12.1 Å². The fourth-order valence-electron chi connectivity index (χ4n) is 5.96. The highest BCUT2D eigenvalue weighted by Gasteiger charge is 2.64. The molecule has 11 heteroatoms. The number of carbonyl (C=O) groups is 3. The minimum absolute atomic E-state index is 0.0117. The monoisotopic (exact) mass is 625 g/mol. The van der Waals surface area contributed by atoms with Gasteiger partial charge in [-0.2, -0.15) is 0 Å². The molecule has 3 heterocycles. The van der Waals surface area contributed by atoms with Crippen molar-refractivity contribution < 1.29 is 38.4 Å². The van der Waals surface area contributed by atoms with Gasteiger partial charge in [0.2, 0.25) is 11.8 Å². The molecule has 11 nitrogen and oxygen atoms in total. The lowest BCUT2D eigenvalue weighted by molar-refractivity contribution is -0.145. The summed E-state index contributed by atoms with van der Waals surface area (Å²) >= 11 is 0. The standard InChI is InChI=1S/C34H47N3O8/c1-21(7-13-29-22(2)16-27(20-43-29)37-31(39)6-5-15-42-24(4)38)8-14-30-33(41)34(23(3)45-34)18-28(44-30)17-32(40)36-19-25-9-11-26(35)12-10-25/h5-12,14,22-23,27-30,33,41H,13,15-20,35H2,1-4H3,(H,36,40)(H,37,39)/b6-5-,14-8+,21-7+/t22-,23+,27+,28+,29-,30+,33+,34+/m0/s1. The number of hydrogen-bond acceptors (Lipinski definition) is 9. The molecule has 0 saturated carbocycles. The Morgan fingerprint density at radius 3 is 2.56 bits per heavy atom. The summed E-state index contributed by atoms with van der Waals surface area (Å²) in [6, 6.07) is 7.26. The van der Waals surface area contributed by atoms with Crippen LogP contribution >= 0.6 is 0 Å². The highest BCUT2D eigenvalue weighted by atomic mass is 16.6. The summed E-state index contributed by atoms with van der Waals surface area (Å²) in [5, 5.41) is 17.0. The lowest BCUT2D eigenvalue weighted by atomic mass is 9.84. The van der Waals surface area contributed by atoms with E-state index in [0.717, 1.165) is 17.6 Å². The van der Waals surface area contributed by atoms with Crippen molar-refractivity contribution in [3.8, 4) is 0 Å². The summed E-state index contributed by atoms with van der Waals surface area (Å²) in [5.74, 6) is -0.544. The van der Waals surface area contributed by atoms with E-state index in [-0.39, 0.29) is 49.0 Å². The van der Waals surface area contributed by atoms with Gasteiger partial charge < -0.3 is 40.4 Å². The summed E-state index contributed by atoms with van der Waals surface area (Å²) in [7, 11) is 0. The highest BCUT2D eigenvalue weighted by molar-refractivity contribution is 5.87. The predicted octanol–water partition coefficient (Wildman–Crippen LogP) is 2.87. The Kier molecular flexibility index (Phi) is 12.0. The van der Waals surface area contributed by atoms with E-state index in [2.05, 4.69) is 23.6 Å². The number of amides is 2. The average Bonchev–Trinajstić information content (AvgIpc) is 3.64. The number of aliphatic hydroxyl groups excluding tert-OH is 1. The predicted molar refractivity (Wildman–Crippen MR) is 169 cm³/mol. The van der Waals surface area contributed by atoms with Crippen molar-refractivity contribution >= 4 is 23.5 Å². The first kappa shape index (κ1) is 34.4. The molecular formula is C34H47N3O8. The molecule has 246 valence electrons. The molecule has 2 amide bonds. The highest BCUT2D eigenvalue weighted by Crippen LogP contribution is 2.49. The fraction of sp³-hybridized carbons (Fsp3) is 0.559. The second-order valence-corrected chi connectivity index (χ2v) is 12.3. The van der Waals surface area contributed by atoms with Gasteiger partial charge >= 0.3 is 5.97 Å². The first-order chi connectivity index (χ1) is 21.4. The summed E-state index contributed by atoms with van der Waals surface area (Å²) in [4.78, 5) is 35.7. The quantitative estimate of drug-likeness (QED) is 0.0900. The normalized spacial score (nSPS) is 31.7. The molecule has 3 aliphatic rings. The molecule has 3 aliphatic heterocycles. The van der Waals surface area contributed by atoms with Crippen LogP contribution in [0, 0.1) is 5.92 Å². The number of benzene rings is 1. The third-order valence-corrected chi connectivity index (χ3v) is 8.64. The second kappa shape index (κ2) is 15.7. The number of rotatable bonds is 12. The van der Waals surface area contributed by atoms with Crippen LogP contribution in [0.4, 0.5) is 5.69 Å². The molecule has 0 aromatic heterocycles. The Morgan fingerprint density at radius 1 is 1.16 bits per heavy atom. The van der Waals surface area contributed by atoms with Gasteiger partial charge in [-0.1, -0.05) is 42.9 Å². The number of aliphatic hydroxyl groups is 1. The molecule has 8 atom stereocenters. The van der Waals surface area contributed by atoms with Crippen LogP contribution in [0.25, 0.3) is 0 Å². The van der Waals surface area contributed by atoms with Crippen molar-refractivity contribution in [2.24, 2.45) is 5.92 Å². The van der Waals surface area contributed by atoms with Gasteiger partial charge in [-0.05, 0) is 56.4 Å². The maximum absolute atomic E-state index is 12.7. The molecular weight excluding hydrogens is 578 g/mol. The zero-order valence-corrected chi connectivity index (χ0v) is 26.6. The van der Waals surface area contributed by atoms with Crippen LogP contribution in [0.15, 0.2) is 60.2 Å². The van der Waals surface area contributed by atoms with E-state index in [1.807, 2.05) is 38.1 Å². The van der Waals surface area contributed by atoms with Gasteiger partial charge in [-0.15, -0.1) is 0 Å². The number of allylic oxidation sites excluding steroid dienone is 2. The maximum Gasteiger partial charge on any atom is 0.302 e. The van der Waals surface area contributed by atoms with Gasteiger partial charge in [0.25, 0.3) is 0 Å².